The first-order valence-electron chi connectivity index (χ1n) is 7.13. The molecule has 0 bridgehead atoms. The molecular weight excluding hydrogens is 270 g/mol. The van der Waals surface area contributed by atoms with E-state index < -0.39 is 0 Å². The summed E-state index contributed by atoms with van der Waals surface area (Å²) in [6.07, 6.45) is 0. The molecule has 2 aromatic heterocycles. The van der Waals surface area contributed by atoms with Crippen molar-refractivity contribution in [2.75, 3.05) is 26.2 Å². The number of hydrogen-bond acceptors (Lipinski definition) is 5. The van der Waals surface area contributed by atoms with Gasteiger partial charge in [0.05, 0.1) is 5.69 Å². The molecule has 1 aliphatic heterocycles. The van der Waals surface area contributed by atoms with Gasteiger partial charge in [0, 0.05) is 44.8 Å². The molecule has 0 N–H and O–H groups in total. The van der Waals surface area contributed by atoms with Gasteiger partial charge >= 0.3 is 0 Å². The van der Waals surface area contributed by atoms with Crippen LogP contribution in [0, 0.1) is 6.92 Å². The molecule has 3 heterocycles. The van der Waals surface area contributed by atoms with E-state index in [-0.39, 0.29) is 0 Å². The van der Waals surface area contributed by atoms with Crippen molar-refractivity contribution in [3.8, 4) is 0 Å². The van der Waals surface area contributed by atoms with Crippen LogP contribution in [0.25, 0.3) is 0 Å². The van der Waals surface area contributed by atoms with Crippen LogP contribution >= 0.6 is 11.3 Å². The maximum atomic E-state index is 5.13. The minimum atomic E-state index is 0.526. The third kappa shape index (κ3) is 3.11. The minimum Gasteiger partial charge on any atom is -0.361 e. The van der Waals surface area contributed by atoms with Crippen LogP contribution < -0.4 is 0 Å². The molecule has 0 saturated carbocycles. The van der Waals surface area contributed by atoms with Crippen molar-refractivity contribution in [3.63, 3.8) is 0 Å². The van der Waals surface area contributed by atoms with Crippen molar-refractivity contribution in [3.05, 3.63) is 39.9 Å². The molecule has 1 fully saturated rings. The summed E-state index contributed by atoms with van der Waals surface area (Å²) >= 11 is 1.78. The summed E-state index contributed by atoms with van der Waals surface area (Å²) in [6, 6.07) is 4.79. The van der Waals surface area contributed by atoms with Crippen molar-refractivity contribution in [1.82, 2.24) is 15.0 Å². The lowest BCUT2D eigenvalue weighted by molar-refractivity contribution is 0.0965. The van der Waals surface area contributed by atoms with E-state index in [9.17, 15) is 0 Å². The van der Waals surface area contributed by atoms with Gasteiger partial charge in [0.25, 0.3) is 0 Å². The second kappa shape index (κ2) is 6.08. The highest BCUT2D eigenvalue weighted by atomic mass is 32.1. The van der Waals surface area contributed by atoms with E-state index in [2.05, 4.69) is 38.7 Å². The van der Waals surface area contributed by atoms with E-state index in [0.29, 0.717) is 6.04 Å². The molecule has 1 unspecified atom stereocenters. The fourth-order valence-corrected chi connectivity index (χ4v) is 3.50. The Bertz CT molecular complexity index is 529. The fraction of sp³-hybridized carbons (Fsp3) is 0.533. The van der Waals surface area contributed by atoms with Gasteiger partial charge in [-0.25, -0.2) is 0 Å². The predicted octanol–water partition coefficient (Wildman–Crippen LogP) is 2.92. The van der Waals surface area contributed by atoms with Crippen LogP contribution in [0.5, 0.6) is 0 Å². The highest BCUT2D eigenvalue weighted by Crippen LogP contribution is 2.23. The molecule has 0 spiro atoms. The van der Waals surface area contributed by atoms with Gasteiger partial charge in [-0.1, -0.05) is 5.16 Å². The standard InChI is InChI=1S/C15H21N3OS/c1-12-9-15(16-19-12)10-17-4-6-18(7-5-17)13(2)14-3-8-20-11-14/h3,8-9,11,13H,4-7,10H2,1-2H3. The third-order valence-corrected chi connectivity index (χ3v) is 4.74. The van der Waals surface area contributed by atoms with Crippen molar-refractivity contribution < 1.29 is 4.52 Å². The lowest BCUT2D eigenvalue weighted by Crippen LogP contribution is -2.46. The topological polar surface area (TPSA) is 32.5 Å². The third-order valence-electron chi connectivity index (χ3n) is 4.04. The van der Waals surface area contributed by atoms with Crippen LogP contribution in [0.1, 0.15) is 30.0 Å². The summed E-state index contributed by atoms with van der Waals surface area (Å²) in [5.41, 5.74) is 2.48. The molecular formula is C15H21N3OS. The van der Waals surface area contributed by atoms with Crippen LogP contribution in [-0.2, 0) is 6.54 Å². The second-order valence-corrected chi connectivity index (χ2v) is 6.25. The minimum absolute atomic E-state index is 0.526. The van der Waals surface area contributed by atoms with Gasteiger partial charge in [-0.2, -0.15) is 11.3 Å². The molecule has 0 aliphatic carbocycles. The lowest BCUT2D eigenvalue weighted by Gasteiger charge is -2.37. The van der Waals surface area contributed by atoms with Crippen LogP contribution in [0.15, 0.2) is 27.4 Å². The first kappa shape index (κ1) is 13.8. The fourth-order valence-electron chi connectivity index (χ4n) is 2.75. The second-order valence-electron chi connectivity index (χ2n) is 5.47. The number of hydrogen-bond donors (Lipinski definition) is 0. The molecule has 0 aromatic carbocycles. The monoisotopic (exact) mass is 291 g/mol. The van der Waals surface area contributed by atoms with Crippen LogP contribution in [-0.4, -0.2) is 41.1 Å². The van der Waals surface area contributed by atoms with Gasteiger partial charge < -0.3 is 4.52 Å². The zero-order valence-corrected chi connectivity index (χ0v) is 12.9. The Morgan fingerprint density at radius 3 is 2.75 bits per heavy atom. The highest BCUT2D eigenvalue weighted by Gasteiger charge is 2.22. The van der Waals surface area contributed by atoms with E-state index in [4.69, 9.17) is 4.52 Å². The summed E-state index contributed by atoms with van der Waals surface area (Å²) in [4.78, 5) is 5.01. The number of rotatable bonds is 4. The van der Waals surface area contributed by atoms with Gasteiger partial charge in [0.15, 0.2) is 0 Å². The van der Waals surface area contributed by atoms with E-state index in [0.717, 1.165) is 44.2 Å². The highest BCUT2D eigenvalue weighted by molar-refractivity contribution is 7.07. The number of piperazine rings is 1. The molecule has 5 heteroatoms. The zero-order valence-electron chi connectivity index (χ0n) is 12.1. The summed E-state index contributed by atoms with van der Waals surface area (Å²) in [5.74, 6) is 0.893. The molecule has 1 aliphatic rings. The van der Waals surface area contributed by atoms with Crippen LogP contribution in [0.2, 0.25) is 0 Å². The van der Waals surface area contributed by atoms with Gasteiger partial charge in [-0.15, -0.1) is 0 Å². The lowest BCUT2D eigenvalue weighted by atomic mass is 10.1. The molecule has 108 valence electrons. The Kier molecular flexibility index (Phi) is 4.19. The number of thiophene rings is 1. The predicted molar refractivity (Wildman–Crippen MR) is 80.8 cm³/mol. The Morgan fingerprint density at radius 1 is 1.35 bits per heavy atom. The summed E-state index contributed by atoms with van der Waals surface area (Å²) in [6.45, 7) is 9.58. The maximum absolute atomic E-state index is 5.13. The van der Waals surface area contributed by atoms with E-state index in [1.54, 1.807) is 11.3 Å². The summed E-state index contributed by atoms with van der Waals surface area (Å²) < 4.78 is 5.13. The van der Waals surface area contributed by atoms with Crippen molar-refractivity contribution in [1.29, 1.82) is 0 Å². The quantitative estimate of drug-likeness (QED) is 0.867. The Hall–Kier alpha value is -1.17. The van der Waals surface area contributed by atoms with E-state index in [1.165, 1.54) is 5.56 Å². The summed E-state index contributed by atoms with van der Waals surface area (Å²) in [7, 11) is 0. The molecule has 4 nitrogen and oxygen atoms in total. The molecule has 3 rings (SSSR count). The molecule has 20 heavy (non-hydrogen) atoms. The van der Waals surface area contributed by atoms with Crippen LogP contribution in [0.4, 0.5) is 0 Å². The molecule has 0 radical (unpaired) electrons. The van der Waals surface area contributed by atoms with Gasteiger partial charge in [0.2, 0.25) is 0 Å². The number of aromatic nitrogens is 1. The maximum Gasteiger partial charge on any atom is 0.133 e. The largest absolute Gasteiger partial charge is 0.361 e. The number of nitrogens with zero attached hydrogens (tertiary/aromatic N) is 3. The summed E-state index contributed by atoms with van der Waals surface area (Å²) in [5, 5.41) is 8.50. The average molecular weight is 291 g/mol. The van der Waals surface area contributed by atoms with E-state index in [1.807, 2.05) is 13.0 Å². The SMILES string of the molecule is Cc1cc(CN2CCN(C(C)c3ccsc3)CC2)no1. The average Bonchev–Trinajstić information content (AvgIpc) is 3.11. The van der Waals surface area contributed by atoms with Crippen molar-refractivity contribution in [2.24, 2.45) is 0 Å². The van der Waals surface area contributed by atoms with E-state index >= 15 is 0 Å². The smallest absolute Gasteiger partial charge is 0.133 e. The Morgan fingerprint density at radius 2 is 2.15 bits per heavy atom. The van der Waals surface area contributed by atoms with Gasteiger partial charge in [0.1, 0.15) is 5.76 Å². The first-order valence-corrected chi connectivity index (χ1v) is 8.07. The van der Waals surface area contributed by atoms with Crippen LogP contribution in [0.3, 0.4) is 0 Å². The van der Waals surface area contributed by atoms with Crippen molar-refractivity contribution in [2.45, 2.75) is 26.4 Å². The van der Waals surface area contributed by atoms with Gasteiger partial charge in [-0.3, -0.25) is 9.80 Å². The molecule has 1 atom stereocenters. The normalized spacial score (nSPS) is 19.3. The Balaban J connectivity index is 1.52. The molecule has 1 saturated heterocycles. The zero-order chi connectivity index (χ0) is 13.9. The molecule has 0 amide bonds. The first-order chi connectivity index (χ1) is 9.72. The Labute approximate surface area is 124 Å². The van der Waals surface area contributed by atoms with Gasteiger partial charge in [-0.05, 0) is 36.2 Å². The molecule has 2 aromatic rings. The number of aryl methyl sites for hydroxylation is 1. The van der Waals surface area contributed by atoms with Crippen molar-refractivity contribution >= 4 is 11.3 Å².